The van der Waals surface area contributed by atoms with Crippen LogP contribution in [0, 0.1) is 0 Å². The second-order valence-electron chi connectivity index (χ2n) is 5.01. The molecule has 0 bridgehead atoms. The molecule has 1 aliphatic heterocycles. The van der Waals surface area contributed by atoms with Crippen LogP contribution in [0.3, 0.4) is 0 Å². The summed E-state index contributed by atoms with van der Waals surface area (Å²) in [5.41, 5.74) is 2.88. The molecule has 0 aromatic heterocycles. The second kappa shape index (κ2) is 6.18. The minimum Gasteiger partial charge on any atom is -0.317 e. The first-order chi connectivity index (χ1) is 8.31. The fraction of sp³-hybridized carbons (Fsp3) is 0.600. The van der Waals surface area contributed by atoms with Gasteiger partial charge in [-0.3, -0.25) is 4.90 Å². The standard InChI is InChI=1S/C15H24N2/c1-3-13-4-6-14(7-5-13)12-17-10-8-15(16-2)9-11-17/h4-7,15-16H,3,8-12H2,1-2H3. The number of nitrogens with zero attached hydrogens (tertiary/aromatic N) is 1. The molecule has 0 radical (unpaired) electrons. The number of hydrogen-bond donors (Lipinski definition) is 1. The number of piperidine rings is 1. The van der Waals surface area contributed by atoms with Gasteiger partial charge in [-0.2, -0.15) is 0 Å². The Kier molecular flexibility index (Phi) is 4.57. The van der Waals surface area contributed by atoms with Gasteiger partial charge >= 0.3 is 0 Å². The van der Waals surface area contributed by atoms with Crippen molar-refractivity contribution < 1.29 is 0 Å². The highest BCUT2D eigenvalue weighted by atomic mass is 15.1. The molecule has 2 nitrogen and oxygen atoms in total. The molecule has 2 heteroatoms. The van der Waals surface area contributed by atoms with Crippen molar-refractivity contribution in [3.05, 3.63) is 35.4 Å². The lowest BCUT2D eigenvalue weighted by Gasteiger charge is -2.31. The number of aryl methyl sites for hydroxylation is 1. The molecule has 1 aliphatic rings. The lowest BCUT2D eigenvalue weighted by Crippen LogP contribution is -2.40. The molecule has 0 saturated carbocycles. The highest BCUT2D eigenvalue weighted by Gasteiger charge is 2.17. The van der Waals surface area contributed by atoms with Gasteiger partial charge in [0, 0.05) is 12.6 Å². The fourth-order valence-electron chi connectivity index (χ4n) is 2.52. The van der Waals surface area contributed by atoms with E-state index >= 15 is 0 Å². The fourth-order valence-corrected chi connectivity index (χ4v) is 2.52. The molecule has 1 heterocycles. The lowest BCUT2D eigenvalue weighted by atomic mass is 10.0. The van der Waals surface area contributed by atoms with Crippen LogP contribution in [0.15, 0.2) is 24.3 Å². The molecular formula is C15H24N2. The van der Waals surface area contributed by atoms with Gasteiger partial charge in [-0.15, -0.1) is 0 Å². The maximum absolute atomic E-state index is 3.38. The summed E-state index contributed by atoms with van der Waals surface area (Å²) >= 11 is 0. The second-order valence-corrected chi connectivity index (χ2v) is 5.01. The Morgan fingerprint density at radius 1 is 1.12 bits per heavy atom. The molecule has 1 aromatic rings. The summed E-state index contributed by atoms with van der Waals surface area (Å²) in [5.74, 6) is 0. The van der Waals surface area contributed by atoms with Gasteiger partial charge in [0.1, 0.15) is 0 Å². The van der Waals surface area contributed by atoms with Crippen molar-refractivity contribution in [3.63, 3.8) is 0 Å². The number of rotatable bonds is 4. The summed E-state index contributed by atoms with van der Waals surface area (Å²) in [6.45, 7) is 5.76. The van der Waals surface area contributed by atoms with Crippen molar-refractivity contribution in [2.75, 3.05) is 20.1 Å². The van der Waals surface area contributed by atoms with E-state index in [1.807, 2.05) is 0 Å². The van der Waals surface area contributed by atoms with Crippen molar-refractivity contribution in [3.8, 4) is 0 Å². The van der Waals surface area contributed by atoms with Crippen molar-refractivity contribution in [2.45, 2.75) is 38.8 Å². The molecule has 1 aromatic carbocycles. The molecule has 2 rings (SSSR count). The van der Waals surface area contributed by atoms with Crippen molar-refractivity contribution in [2.24, 2.45) is 0 Å². The van der Waals surface area contributed by atoms with Gasteiger partial charge < -0.3 is 5.32 Å². The van der Waals surface area contributed by atoms with Crippen LogP contribution in [-0.2, 0) is 13.0 Å². The van der Waals surface area contributed by atoms with Gasteiger partial charge in [-0.05, 0) is 50.5 Å². The molecule has 0 spiro atoms. The number of benzene rings is 1. The topological polar surface area (TPSA) is 15.3 Å². The van der Waals surface area contributed by atoms with E-state index in [4.69, 9.17) is 0 Å². The minimum absolute atomic E-state index is 0.730. The average molecular weight is 232 g/mol. The number of likely N-dealkylation sites (tertiary alicyclic amines) is 1. The molecule has 17 heavy (non-hydrogen) atoms. The summed E-state index contributed by atoms with van der Waals surface area (Å²) < 4.78 is 0. The molecule has 1 saturated heterocycles. The smallest absolute Gasteiger partial charge is 0.0233 e. The van der Waals surface area contributed by atoms with Crippen LogP contribution < -0.4 is 5.32 Å². The summed E-state index contributed by atoms with van der Waals surface area (Å²) in [5, 5.41) is 3.38. The van der Waals surface area contributed by atoms with Crippen LogP contribution in [0.2, 0.25) is 0 Å². The highest BCUT2D eigenvalue weighted by molar-refractivity contribution is 5.22. The first kappa shape index (κ1) is 12.6. The first-order valence-corrected chi connectivity index (χ1v) is 6.79. The number of hydrogen-bond acceptors (Lipinski definition) is 2. The third-order valence-corrected chi connectivity index (χ3v) is 3.83. The molecular weight excluding hydrogens is 208 g/mol. The maximum atomic E-state index is 3.38. The zero-order valence-electron chi connectivity index (χ0n) is 11.1. The van der Waals surface area contributed by atoms with Gasteiger partial charge in [-0.25, -0.2) is 0 Å². The monoisotopic (exact) mass is 232 g/mol. The van der Waals surface area contributed by atoms with Crippen LogP contribution >= 0.6 is 0 Å². The van der Waals surface area contributed by atoms with Gasteiger partial charge in [0.25, 0.3) is 0 Å². The van der Waals surface area contributed by atoms with Crippen molar-refractivity contribution >= 4 is 0 Å². The Hall–Kier alpha value is -0.860. The van der Waals surface area contributed by atoms with E-state index in [1.165, 1.54) is 37.1 Å². The molecule has 0 unspecified atom stereocenters. The largest absolute Gasteiger partial charge is 0.317 e. The van der Waals surface area contributed by atoms with Gasteiger partial charge in [0.15, 0.2) is 0 Å². The minimum atomic E-state index is 0.730. The molecule has 0 aliphatic carbocycles. The third-order valence-electron chi connectivity index (χ3n) is 3.83. The summed E-state index contributed by atoms with van der Waals surface area (Å²) in [7, 11) is 2.07. The molecule has 1 fully saturated rings. The molecule has 0 amide bonds. The van der Waals surface area contributed by atoms with Crippen molar-refractivity contribution in [1.82, 2.24) is 10.2 Å². The Labute approximate surface area is 105 Å². The van der Waals surface area contributed by atoms with E-state index in [2.05, 4.69) is 48.5 Å². The third kappa shape index (κ3) is 3.55. The quantitative estimate of drug-likeness (QED) is 0.857. The first-order valence-electron chi connectivity index (χ1n) is 6.79. The normalized spacial score (nSPS) is 18.5. The van der Waals surface area contributed by atoms with E-state index in [0.717, 1.165) is 19.0 Å². The van der Waals surface area contributed by atoms with Crippen LogP contribution in [0.1, 0.15) is 30.9 Å². The zero-order chi connectivity index (χ0) is 12.1. The van der Waals surface area contributed by atoms with Crippen molar-refractivity contribution in [1.29, 1.82) is 0 Å². The van der Waals surface area contributed by atoms with Gasteiger partial charge in [0.2, 0.25) is 0 Å². The van der Waals surface area contributed by atoms with E-state index in [9.17, 15) is 0 Å². The Morgan fingerprint density at radius 3 is 2.24 bits per heavy atom. The Bertz CT molecular complexity index is 323. The highest BCUT2D eigenvalue weighted by Crippen LogP contribution is 2.14. The SMILES string of the molecule is CCc1ccc(CN2CCC(NC)CC2)cc1. The van der Waals surface area contributed by atoms with Crippen LogP contribution in [0.25, 0.3) is 0 Å². The predicted molar refractivity (Wildman–Crippen MR) is 73.2 cm³/mol. The maximum Gasteiger partial charge on any atom is 0.0233 e. The Morgan fingerprint density at radius 2 is 1.71 bits per heavy atom. The van der Waals surface area contributed by atoms with Crippen LogP contribution in [0.4, 0.5) is 0 Å². The summed E-state index contributed by atoms with van der Waals surface area (Å²) in [6.07, 6.45) is 3.70. The summed E-state index contributed by atoms with van der Waals surface area (Å²) in [4.78, 5) is 2.56. The van der Waals surface area contributed by atoms with Crippen LogP contribution in [-0.4, -0.2) is 31.1 Å². The average Bonchev–Trinajstić information content (AvgIpc) is 2.40. The lowest BCUT2D eigenvalue weighted by molar-refractivity contribution is 0.194. The molecule has 94 valence electrons. The van der Waals surface area contributed by atoms with E-state index in [-0.39, 0.29) is 0 Å². The predicted octanol–water partition coefficient (Wildman–Crippen LogP) is 2.43. The van der Waals surface area contributed by atoms with E-state index < -0.39 is 0 Å². The van der Waals surface area contributed by atoms with E-state index in [1.54, 1.807) is 0 Å². The van der Waals surface area contributed by atoms with Gasteiger partial charge in [-0.1, -0.05) is 31.2 Å². The number of nitrogens with one attached hydrogen (secondary N) is 1. The molecule has 0 atom stereocenters. The van der Waals surface area contributed by atoms with Crippen LogP contribution in [0.5, 0.6) is 0 Å². The van der Waals surface area contributed by atoms with Gasteiger partial charge in [0.05, 0.1) is 0 Å². The summed E-state index contributed by atoms with van der Waals surface area (Å²) in [6, 6.07) is 9.81. The zero-order valence-corrected chi connectivity index (χ0v) is 11.1. The Balaban J connectivity index is 1.84. The molecule has 1 N–H and O–H groups in total. The van der Waals surface area contributed by atoms with E-state index in [0.29, 0.717) is 0 Å².